The Hall–Kier alpha value is -1.26. The van der Waals surface area contributed by atoms with Gasteiger partial charge in [0.05, 0.1) is 0 Å². The van der Waals surface area contributed by atoms with E-state index in [-0.39, 0.29) is 18.6 Å². The van der Waals surface area contributed by atoms with Crippen molar-refractivity contribution in [3.8, 4) is 5.75 Å². The van der Waals surface area contributed by atoms with E-state index in [9.17, 15) is 4.79 Å². The normalized spacial score (nSPS) is 12.0. The van der Waals surface area contributed by atoms with Gasteiger partial charge in [-0.15, -0.1) is 0 Å². The predicted octanol–water partition coefficient (Wildman–Crippen LogP) is 1.74. The van der Waals surface area contributed by atoms with Crippen LogP contribution >= 0.6 is 11.6 Å². The van der Waals surface area contributed by atoms with Gasteiger partial charge in [-0.3, -0.25) is 4.79 Å². The Morgan fingerprint density at radius 2 is 2.28 bits per heavy atom. The van der Waals surface area contributed by atoms with Crippen molar-refractivity contribution in [3.63, 3.8) is 0 Å². The molecule has 0 aromatic heterocycles. The van der Waals surface area contributed by atoms with Crippen LogP contribution in [0.3, 0.4) is 0 Å². The van der Waals surface area contributed by atoms with Crippen LogP contribution in [0, 0.1) is 0 Å². The Labute approximate surface area is 112 Å². The molecule has 0 fully saturated rings. The maximum absolute atomic E-state index is 11.2. The van der Waals surface area contributed by atoms with Crippen LogP contribution in [0.5, 0.6) is 5.75 Å². The van der Waals surface area contributed by atoms with Crippen molar-refractivity contribution in [3.05, 3.63) is 28.8 Å². The molecular weight excluding hydrogens is 252 g/mol. The Balaban J connectivity index is 2.82. The van der Waals surface area contributed by atoms with Gasteiger partial charge in [0.25, 0.3) is 5.91 Å². The Kier molecular flexibility index (Phi) is 5.95. The van der Waals surface area contributed by atoms with Crippen LogP contribution in [0.4, 0.5) is 0 Å². The highest BCUT2D eigenvalue weighted by Crippen LogP contribution is 2.27. The first-order chi connectivity index (χ1) is 8.58. The number of hydrogen-bond acceptors (Lipinski definition) is 3. The van der Waals surface area contributed by atoms with Gasteiger partial charge >= 0.3 is 0 Å². The highest BCUT2D eigenvalue weighted by atomic mass is 35.5. The summed E-state index contributed by atoms with van der Waals surface area (Å²) >= 11 is 6.14. The molecule has 100 valence electrons. The molecule has 1 aromatic rings. The van der Waals surface area contributed by atoms with Gasteiger partial charge in [0, 0.05) is 23.7 Å². The maximum atomic E-state index is 11.2. The second kappa shape index (κ2) is 7.24. The highest BCUT2D eigenvalue weighted by Gasteiger charge is 2.12. The number of carbonyl (C=O) groups is 1. The van der Waals surface area contributed by atoms with E-state index in [1.165, 1.54) is 0 Å². The van der Waals surface area contributed by atoms with E-state index in [1.807, 2.05) is 6.92 Å². The smallest absolute Gasteiger partial charge is 0.257 e. The van der Waals surface area contributed by atoms with Crippen LogP contribution in [-0.2, 0) is 11.2 Å². The molecule has 0 radical (unpaired) electrons. The zero-order chi connectivity index (χ0) is 13.5. The monoisotopic (exact) mass is 270 g/mol. The first-order valence-corrected chi connectivity index (χ1v) is 6.32. The Bertz CT molecular complexity index is 410. The van der Waals surface area contributed by atoms with Crippen LogP contribution < -0.4 is 15.8 Å². The lowest BCUT2D eigenvalue weighted by Gasteiger charge is -2.15. The van der Waals surface area contributed by atoms with Crippen molar-refractivity contribution >= 4 is 17.5 Å². The van der Waals surface area contributed by atoms with E-state index >= 15 is 0 Å². The van der Waals surface area contributed by atoms with Gasteiger partial charge in [-0.1, -0.05) is 24.6 Å². The molecule has 1 rings (SSSR count). The fraction of sp³-hybridized carbons (Fsp3) is 0.462. The summed E-state index contributed by atoms with van der Waals surface area (Å²) in [4.78, 5) is 11.2. The molecule has 4 nitrogen and oxygen atoms in total. The minimum Gasteiger partial charge on any atom is -0.483 e. The fourth-order valence-corrected chi connectivity index (χ4v) is 1.74. The number of ether oxygens (including phenoxy) is 1. The third kappa shape index (κ3) is 4.20. The molecule has 3 N–H and O–H groups in total. The van der Waals surface area contributed by atoms with Crippen molar-refractivity contribution in [1.29, 1.82) is 0 Å². The summed E-state index contributed by atoms with van der Waals surface area (Å²) in [5, 5.41) is 3.12. The second-order valence-electron chi connectivity index (χ2n) is 4.05. The average Bonchev–Trinajstić information content (AvgIpc) is 2.38. The minimum absolute atomic E-state index is 0.0226. The van der Waals surface area contributed by atoms with Crippen molar-refractivity contribution in [2.75, 3.05) is 13.7 Å². The summed E-state index contributed by atoms with van der Waals surface area (Å²) in [6, 6.07) is 5.42. The minimum atomic E-state index is -0.180. The molecule has 0 saturated carbocycles. The predicted molar refractivity (Wildman–Crippen MR) is 73.0 cm³/mol. The lowest BCUT2D eigenvalue weighted by molar-refractivity contribution is -0.122. The first kappa shape index (κ1) is 14.8. The van der Waals surface area contributed by atoms with Crippen LogP contribution in [0.2, 0.25) is 5.02 Å². The average molecular weight is 271 g/mol. The second-order valence-corrected chi connectivity index (χ2v) is 4.46. The van der Waals surface area contributed by atoms with Gasteiger partial charge < -0.3 is 15.8 Å². The molecular formula is C13H19ClN2O2. The van der Waals surface area contributed by atoms with E-state index in [0.717, 1.165) is 12.0 Å². The standard InChI is InChI=1S/C13H19ClN2O2/c1-3-9(15)7-10-11(14)5-4-6-12(10)18-8-13(17)16-2/h4-6,9H,3,7-8,15H2,1-2H3,(H,16,17). The Morgan fingerprint density at radius 3 is 2.89 bits per heavy atom. The number of nitrogens with one attached hydrogen (secondary N) is 1. The van der Waals surface area contributed by atoms with Crippen LogP contribution in [0.15, 0.2) is 18.2 Å². The topological polar surface area (TPSA) is 64.3 Å². The van der Waals surface area contributed by atoms with Gasteiger partial charge in [0.1, 0.15) is 5.75 Å². The number of likely N-dealkylation sites (N-methyl/N-ethyl adjacent to an activating group) is 1. The fourth-order valence-electron chi connectivity index (χ4n) is 1.49. The van der Waals surface area contributed by atoms with E-state index in [2.05, 4.69) is 5.32 Å². The molecule has 0 aliphatic carbocycles. The highest BCUT2D eigenvalue weighted by molar-refractivity contribution is 6.31. The zero-order valence-electron chi connectivity index (χ0n) is 10.7. The van der Waals surface area contributed by atoms with Crippen LogP contribution in [-0.4, -0.2) is 25.6 Å². The molecule has 18 heavy (non-hydrogen) atoms. The molecule has 1 atom stereocenters. The molecule has 0 heterocycles. The number of benzene rings is 1. The number of halogens is 1. The van der Waals surface area contributed by atoms with E-state index in [1.54, 1.807) is 25.2 Å². The van der Waals surface area contributed by atoms with Crippen molar-refractivity contribution in [2.45, 2.75) is 25.8 Å². The van der Waals surface area contributed by atoms with Gasteiger partial charge in [-0.2, -0.15) is 0 Å². The lowest BCUT2D eigenvalue weighted by atomic mass is 10.0. The molecule has 0 aliphatic rings. The summed E-state index contributed by atoms with van der Waals surface area (Å²) in [6.07, 6.45) is 1.50. The maximum Gasteiger partial charge on any atom is 0.257 e. The van der Waals surface area contributed by atoms with Crippen LogP contribution in [0.1, 0.15) is 18.9 Å². The number of nitrogens with two attached hydrogens (primary N) is 1. The van der Waals surface area contributed by atoms with E-state index < -0.39 is 0 Å². The van der Waals surface area contributed by atoms with Gasteiger partial charge in [0.15, 0.2) is 6.61 Å². The summed E-state index contributed by atoms with van der Waals surface area (Å²) in [5.74, 6) is 0.440. The van der Waals surface area contributed by atoms with E-state index in [0.29, 0.717) is 17.2 Å². The first-order valence-electron chi connectivity index (χ1n) is 5.94. The van der Waals surface area contributed by atoms with Gasteiger partial charge in [-0.25, -0.2) is 0 Å². The third-order valence-corrected chi connectivity index (χ3v) is 3.06. The van der Waals surface area contributed by atoms with E-state index in [4.69, 9.17) is 22.1 Å². The van der Waals surface area contributed by atoms with Gasteiger partial charge in [-0.05, 0) is 25.0 Å². The number of amides is 1. The van der Waals surface area contributed by atoms with Crippen molar-refractivity contribution in [1.82, 2.24) is 5.32 Å². The summed E-state index contributed by atoms with van der Waals surface area (Å²) in [5.41, 5.74) is 6.79. The van der Waals surface area contributed by atoms with Gasteiger partial charge in [0.2, 0.25) is 0 Å². The molecule has 0 spiro atoms. The zero-order valence-corrected chi connectivity index (χ0v) is 11.5. The largest absolute Gasteiger partial charge is 0.483 e. The van der Waals surface area contributed by atoms with Crippen molar-refractivity contribution in [2.24, 2.45) is 5.73 Å². The molecule has 0 bridgehead atoms. The molecule has 0 saturated heterocycles. The molecule has 5 heteroatoms. The summed E-state index contributed by atoms with van der Waals surface area (Å²) in [6.45, 7) is 2.00. The third-order valence-electron chi connectivity index (χ3n) is 2.70. The SMILES string of the molecule is CCC(N)Cc1c(Cl)cccc1OCC(=O)NC. The lowest BCUT2D eigenvalue weighted by Crippen LogP contribution is -2.26. The number of carbonyl (C=O) groups excluding carboxylic acids is 1. The van der Waals surface area contributed by atoms with Crippen LogP contribution in [0.25, 0.3) is 0 Å². The summed E-state index contributed by atoms with van der Waals surface area (Å²) in [7, 11) is 1.57. The molecule has 1 amide bonds. The number of rotatable bonds is 6. The number of hydrogen-bond donors (Lipinski definition) is 2. The molecule has 1 unspecified atom stereocenters. The molecule has 0 aliphatic heterocycles. The molecule has 1 aromatic carbocycles. The quantitative estimate of drug-likeness (QED) is 0.828. The van der Waals surface area contributed by atoms with Crippen molar-refractivity contribution < 1.29 is 9.53 Å². The summed E-state index contributed by atoms with van der Waals surface area (Å²) < 4.78 is 5.46. The Morgan fingerprint density at radius 1 is 1.56 bits per heavy atom.